The predicted octanol–water partition coefficient (Wildman–Crippen LogP) is 8.32. The molecular formula is C35H22IrN7. The third-order valence-electron chi connectivity index (χ3n) is 5.86. The van der Waals surface area contributed by atoms with Gasteiger partial charge in [0.25, 0.3) is 0 Å². The first-order valence-corrected chi connectivity index (χ1v) is 12.9. The van der Waals surface area contributed by atoms with Crippen LogP contribution in [0.4, 0.5) is 40.2 Å². The van der Waals surface area contributed by atoms with Crippen LogP contribution >= 0.6 is 0 Å². The SMILES string of the molecule is [C-]#[N+]c1cc[c-]c(N(c2[c-]ccc(C#N)c2)c2ccccn2)c1.[Ir+3].[c-]1ccccc1N(c1ccccn1)c1ccccn1. The molecule has 0 bridgehead atoms. The average molecular weight is 733 g/mol. The summed E-state index contributed by atoms with van der Waals surface area (Å²) in [6, 6.07) is 46.8. The molecule has 206 valence electrons. The van der Waals surface area contributed by atoms with Crippen molar-refractivity contribution in [2.24, 2.45) is 0 Å². The number of aromatic nitrogens is 3. The van der Waals surface area contributed by atoms with Gasteiger partial charge in [0, 0.05) is 18.6 Å². The number of rotatable bonds is 6. The minimum absolute atomic E-state index is 0. The fourth-order valence-corrected chi connectivity index (χ4v) is 4.02. The van der Waals surface area contributed by atoms with Crippen molar-refractivity contribution in [1.82, 2.24) is 15.0 Å². The maximum atomic E-state index is 9.12. The third-order valence-corrected chi connectivity index (χ3v) is 5.86. The first-order valence-electron chi connectivity index (χ1n) is 12.9. The van der Waals surface area contributed by atoms with E-state index >= 15 is 0 Å². The fraction of sp³-hybridized carbons (Fsp3) is 0. The predicted molar refractivity (Wildman–Crippen MR) is 163 cm³/mol. The van der Waals surface area contributed by atoms with Crippen molar-refractivity contribution in [3.8, 4) is 6.07 Å². The van der Waals surface area contributed by atoms with Gasteiger partial charge in [0.1, 0.15) is 17.5 Å². The van der Waals surface area contributed by atoms with E-state index in [2.05, 4.69) is 44.1 Å². The Labute approximate surface area is 264 Å². The largest absolute Gasteiger partial charge is 3.00 e. The van der Waals surface area contributed by atoms with Crippen LogP contribution in [-0.4, -0.2) is 15.0 Å². The summed E-state index contributed by atoms with van der Waals surface area (Å²) in [5.74, 6) is 2.31. The number of pyridine rings is 3. The number of anilines is 6. The first kappa shape index (κ1) is 30.3. The van der Waals surface area contributed by atoms with Crippen LogP contribution in [0.3, 0.4) is 0 Å². The number of nitriles is 1. The first-order chi connectivity index (χ1) is 20.8. The summed E-state index contributed by atoms with van der Waals surface area (Å²) in [5, 5.41) is 9.12. The molecule has 0 fully saturated rings. The van der Waals surface area contributed by atoms with Gasteiger partial charge in [-0.1, -0.05) is 40.8 Å². The van der Waals surface area contributed by atoms with Gasteiger partial charge in [-0.2, -0.15) is 65.9 Å². The molecule has 0 aliphatic rings. The van der Waals surface area contributed by atoms with Gasteiger partial charge in [0.05, 0.1) is 18.3 Å². The van der Waals surface area contributed by atoms with Crippen LogP contribution in [0.25, 0.3) is 4.85 Å². The van der Waals surface area contributed by atoms with E-state index < -0.39 is 0 Å². The maximum absolute atomic E-state index is 9.12. The molecule has 3 heterocycles. The van der Waals surface area contributed by atoms with Crippen LogP contribution in [0.5, 0.6) is 0 Å². The molecule has 0 saturated heterocycles. The zero-order chi connectivity index (χ0) is 29.0. The third kappa shape index (κ3) is 7.75. The van der Waals surface area contributed by atoms with Crippen molar-refractivity contribution in [2.75, 3.05) is 9.80 Å². The van der Waals surface area contributed by atoms with Crippen LogP contribution < -0.4 is 9.80 Å². The molecule has 6 aromatic rings. The normalized spacial score (nSPS) is 9.63. The second-order valence-electron chi connectivity index (χ2n) is 8.60. The zero-order valence-corrected chi connectivity index (χ0v) is 25.1. The van der Waals surface area contributed by atoms with Crippen molar-refractivity contribution in [3.05, 3.63) is 169 Å². The second-order valence-corrected chi connectivity index (χ2v) is 8.60. The van der Waals surface area contributed by atoms with Crippen molar-refractivity contribution < 1.29 is 20.1 Å². The van der Waals surface area contributed by atoms with Gasteiger partial charge in [-0.25, -0.2) is 15.0 Å². The van der Waals surface area contributed by atoms with E-state index in [-0.39, 0.29) is 20.1 Å². The Bertz CT molecular complexity index is 1650. The minimum atomic E-state index is 0. The van der Waals surface area contributed by atoms with E-state index in [1.54, 1.807) is 55.0 Å². The van der Waals surface area contributed by atoms with E-state index in [4.69, 9.17) is 11.8 Å². The van der Waals surface area contributed by atoms with Crippen molar-refractivity contribution in [2.45, 2.75) is 0 Å². The quantitative estimate of drug-likeness (QED) is 0.161. The zero-order valence-electron chi connectivity index (χ0n) is 22.7. The van der Waals surface area contributed by atoms with E-state index in [1.807, 2.05) is 88.7 Å². The Kier molecular flexibility index (Phi) is 10.8. The van der Waals surface area contributed by atoms with Crippen molar-refractivity contribution in [1.29, 1.82) is 5.26 Å². The Morgan fingerprint density at radius 2 is 1.14 bits per heavy atom. The molecule has 0 saturated carbocycles. The molecular weight excluding hydrogens is 711 g/mol. The van der Waals surface area contributed by atoms with Crippen molar-refractivity contribution >= 4 is 40.2 Å². The molecule has 7 nitrogen and oxygen atoms in total. The van der Waals surface area contributed by atoms with Crippen molar-refractivity contribution in [3.63, 3.8) is 0 Å². The molecule has 0 N–H and O–H groups in total. The van der Waals surface area contributed by atoms with Crippen LogP contribution in [0.15, 0.2) is 134 Å². The topological polar surface area (TPSA) is 73.3 Å². The smallest absolute Gasteiger partial charge is 0.345 e. The summed E-state index contributed by atoms with van der Waals surface area (Å²) in [6.45, 7) is 7.18. The monoisotopic (exact) mass is 733 g/mol. The summed E-state index contributed by atoms with van der Waals surface area (Å²) in [5.41, 5.74) is 3.29. The molecule has 6 rings (SSSR count). The molecule has 0 atom stereocenters. The van der Waals surface area contributed by atoms with Gasteiger partial charge in [-0.05, 0) is 36.4 Å². The Morgan fingerprint density at radius 1 is 0.605 bits per heavy atom. The summed E-state index contributed by atoms with van der Waals surface area (Å²) >= 11 is 0. The number of benzene rings is 3. The van der Waals surface area contributed by atoms with Crippen LogP contribution in [0.1, 0.15) is 5.56 Å². The summed E-state index contributed by atoms with van der Waals surface area (Å²) in [6.07, 6.45) is 5.23. The minimum Gasteiger partial charge on any atom is -0.345 e. The molecule has 3 aromatic heterocycles. The molecule has 0 unspecified atom stereocenters. The van der Waals surface area contributed by atoms with Gasteiger partial charge >= 0.3 is 20.1 Å². The number of para-hydroxylation sites is 1. The van der Waals surface area contributed by atoms with E-state index in [0.29, 0.717) is 28.4 Å². The van der Waals surface area contributed by atoms with Crippen LogP contribution in [0.2, 0.25) is 0 Å². The molecule has 0 spiro atoms. The summed E-state index contributed by atoms with van der Waals surface area (Å²) in [7, 11) is 0. The van der Waals surface area contributed by atoms with Gasteiger partial charge < -0.3 is 9.80 Å². The maximum Gasteiger partial charge on any atom is 3.00 e. The molecule has 0 amide bonds. The molecule has 8 heteroatoms. The molecule has 0 radical (unpaired) electrons. The molecule has 0 aliphatic carbocycles. The van der Waals surface area contributed by atoms with Crippen LogP contribution in [-0.2, 0) is 20.1 Å². The second kappa shape index (κ2) is 15.4. The number of hydrogen-bond acceptors (Lipinski definition) is 6. The molecule has 3 aromatic carbocycles. The molecule has 0 aliphatic heterocycles. The molecule has 43 heavy (non-hydrogen) atoms. The van der Waals surface area contributed by atoms with Gasteiger partial charge in [0.15, 0.2) is 0 Å². The number of nitrogens with zero attached hydrogens (tertiary/aromatic N) is 7. The number of hydrogen-bond donors (Lipinski definition) is 0. The van der Waals surface area contributed by atoms with Gasteiger partial charge in [-0.15, -0.1) is 18.2 Å². The Morgan fingerprint density at radius 3 is 1.65 bits per heavy atom. The summed E-state index contributed by atoms with van der Waals surface area (Å²) < 4.78 is 0. The van der Waals surface area contributed by atoms with Crippen LogP contribution in [0, 0.1) is 36.1 Å². The summed E-state index contributed by atoms with van der Waals surface area (Å²) in [4.78, 5) is 20.4. The van der Waals surface area contributed by atoms with E-state index in [0.717, 1.165) is 17.3 Å². The van der Waals surface area contributed by atoms with E-state index in [9.17, 15) is 0 Å². The van der Waals surface area contributed by atoms with Gasteiger partial charge in [0.2, 0.25) is 0 Å². The fourth-order valence-electron chi connectivity index (χ4n) is 4.02. The van der Waals surface area contributed by atoms with Gasteiger partial charge in [-0.3, -0.25) is 4.85 Å². The Balaban J connectivity index is 0.000000195. The average Bonchev–Trinajstić information content (AvgIpc) is 3.07. The Hall–Kier alpha value is -5.66. The van der Waals surface area contributed by atoms with E-state index in [1.165, 1.54) is 0 Å². The standard InChI is InChI=1S/C19H10N4.C16H12N3.Ir/c1-21-16-7-5-9-18(13-16)23(19-10-2-3-11-22-19)17-8-4-6-15(12-17)14-20;1-2-8-14(9-3-1)19(15-10-4-6-12-17-15)16-11-5-7-13-18-16;/h2-7,10-13H;1-8,10-13H;/q-2;-1;+3.